The molecule has 1 aliphatic heterocycles. The maximum absolute atomic E-state index is 5.13. The molecule has 1 unspecified atom stereocenters. The second-order valence-electron chi connectivity index (χ2n) is 11.1. The van der Waals surface area contributed by atoms with Crippen molar-refractivity contribution in [2.24, 2.45) is 9.98 Å². The van der Waals surface area contributed by atoms with Crippen LogP contribution in [0.15, 0.2) is 156 Å². The summed E-state index contributed by atoms with van der Waals surface area (Å²) >= 11 is 1.87. The number of rotatable bonds is 4. The molecule has 0 saturated heterocycles. The molecule has 5 heteroatoms. The number of nitrogens with zero attached hydrogens (tertiary/aromatic N) is 3. The lowest BCUT2D eigenvalue weighted by Crippen LogP contribution is -2.33. The Bertz CT molecular complexity index is 2420. The van der Waals surface area contributed by atoms with Crippen LogP contribution in [0.4, 0.5) is 0 Å². The second-order valence-corrected chi connectivity index (χ2v) is 12.1. The van der Waals surface area contributed by atoms with Gasteiger partial charge >= 0.3 is 0 Å². The van der Waals surface area contributed by atoms with Crippen LogP contribution in [0.1, 0.15) is 22.9 Å². The van der Waals surface area contributed by atoms with Crippen LogP contribution < -0.4 is 5.32 Å². The van der Waals surface area contributed by atoms with Gasteiger partial charge < -0.3 is 9.88 Å². The zero-order valence-electron chi connectivity index (χ0n) is 23.7. The van der Waals surface area contributed by atoms with Crippen molar-refractivity contribution in [3.05, 3.63) is 162 Å². The summed E-state index contributed by atoms with van der Waals surface area (Å²) in [5, 5.41) is 8.68. The molecule has 0 saturated carbocycles. The molecule has 0 fully saturated rings. The summed E-state index contributed by atoms with van der Waals surface area (Å²) in [6, 6.07) is 51.3. The van der Waals surface area contributed by atoms with E-state index in [1.165, 1.54) is 42.0 Å². The lowest BCUT2D eigenvalue weighted by Gasteiger charge is -2.23. The van der Waals surface area contributed by atoms with E-state index in [-0.39, 0.29) is 6.17 Å². The molecule has 0 bridgehead atoms. The van der Waals surface area contributed by atoms with Gasteiger partial charge in [0, 0.05) is 43.1 Å². The SMILES string of the molecule is c1ccc(C2=NC(c3cccc(-n4c5ccccc5c5ccc6c7ccccc7sc6c54)c3)=NC(c3ccccc3)N2)cc1. The normalized spacial score (nSPS) is 15.0. The lowest BCUT2D eigenvalue weighted by atomic mass is 10.1. The molecule has 1 N–H and O–H groups in total. The Labute approximate surface area is 258 Å². The summed E-state index contributed by atoms with van der Waals surface area (Å²) in [5.74, 6) is 1.53. The second kappa shape index (κ2) is 10.0. The Hall–Kier alpha value is -5.52. The smallest absolute Gasteiger partial charge is 0.159 e. The van der Waals surface area contributed by atoms with Crippen molar-refractivity contribution in [2.75, 3.05) is 0 Å². The lowest BCUT2D eigenvalue weighted by molar-refractivity contribution is 0.674. The van der Waals surface area contributed by atoms with Gasteiger partial charge in [0.25, 0.3) is 0 Å². The number of hydrogen-bond donors (Lipinski definition) is 1. The molecule has 8 aromatic rings. The van der Waals surface area contributed by atoms with E-state index in [1.54, 1.807) is 0 Å². The molecule has 1 atom stereocenters. The summed E-state index contributed by atoms with van der Waals surface area (Å²) in [5.41, 5.74) is 6.63. The van der Waals surface area contributed by atoms with Crippen molar-refractivity contribution in [1.29, 1.82) is 0 Å². The van der Waals surface area contributed by atoms with Gasteiger partial charge in [0.05, 0.1) is 15.7 Å². The van der Waals surface area contributed by atoms with Gasteiger partial charge in [0.1, 0.15) is 12.0 Å². The maximum Gasteiger partial charge on any atom is 0.159 e. The highest BCUT2D eigenvalue weighted by Crippen LogP contribution is 2.42. The van der Waals surface area contributed by atoms with Crippen LogP contribution in [-0.4, -0.2) is 16.2 Å². The van der Waals surface area contributed by atoms with Gasteiger partial charge in [-0.25, -0.2) is 9.98 Å². The number of hydrogen-bond acceptors (Lipinski definition) is 4. The standard InChI is InChI=1S/C39H26N4S/c1-3-12-25(13-4-1)37-40-38(26-14-5-2-6-15-26)42-39(41-37)27-16-11-17-28(24-27)43-33-20-9-7-18-29(33)31-22-23-32-30-19-8-10-21-34(30)44-36(32)35(31)43/h1-24,37H,(H,40,41,42). The fraction of sp³-hybridized carbons (Fsp3) is 0.0256. The van der Waals surface area contributed by atoms with Crippen LogP contribution in [-0.2, 0) is 0 Å². The molecule has 2 aromatic heterocycles. The van der Waals surface area contributed by atoms with Gasteiger partial charge in [-0.3, -0.25) is 0 Å². The van der Waals surface area contributed by atoms with E-state index >= 15 is 0 Å². The number of thiophene rings is 1. The summed E-state index contributed by atoms with van der Waals surface area (Å²) in [4.78, 5) is 10.2. The molecule has 6 aromatic carbocycles. The number of benzene rings is 6. The molecule has 1 aliphatic rings. The molecule has 9 rings (SSSR count). The molecule has 44 heavy (non-hydrogen) atoms. The average Bonchev–Trinajstić information content (AvgIpc) is 3.65. The topological polar surface area (TPSA) is 41.7 Å². The van der Waals surface area contributed by atoms with Crippen LogP contribution in [0.2, 0.25) is 0 Å². The summed E-state index contributed by atoms with van der Waals surface area (Å²) in [7, 11) is 0. The third kappa shape index (κ3) is 3.98. The molecular formula is C39H26N4S. The van der Waals surface area contributed by atoms with E-state index in [0.29, 0.717) is 5.84 Å². The van der Waals surface area contributed by atoms with E-state index in [0.717, 1.165) is 28.2 Å². The van der Waals surface area contributed by atoms with E-state index in [2.05, 4.69) is 131 Å². The number of aliphatic imine (C=N–C) groups is 2. The molecule has 0 spiro atoms. The number of para-hydroxylation sites is 1. The summed E-state index contributed by atoms with van der Waals surface area (Å²) in [6.45, 7) is 0. The van der Waals surface area contributed by atoms with E-state index < -0.39 is 0 Å². The number of amidine groups is 2. The first kappa shape index (κ1) is 25.0. The van der Waals surface area contributed by atoms with Crippen LogP contribution in [0.3, 0.4) is 0 Å². The van der Waals surface area contributed by atoms with Crippen molar-refractivity contribution in [1.82, 2.24) is 9.88 Å². The molecule has 0 radical (unpaired) electrons. The average molecular weight is 583 g/mol. The highest BCUT2D eigenvalue weighted by molar-refractivity contribution is 7.26. The molecule has 4 nitrogen and oxygen atoms in total. The Morgan fingerprint density at radius 1 is 0.591 bits per heavy atom. The number of aromatic nitrogens is 1. The van der Waals surface area contributed by atoms with Crippen LogP contribution in [0.25, 0.3) is 47.7 Å². The van der Waals surface area contributed by atoms with Crippen molar-refractivity contribution in [3.63, 3.8) is 0 Å². The minimum absolute atomic E-state index is 0.242. The first-order chi connectivity index (χ1) is 21.8. The van der Waals surface area contributed by atoms with Gasteiger partial charge in [0.2, 0.25) is 0 Å². The van der Waals surface area contributed by atoms with Crippen molar-refractivity contribution in [2.45, 2.75) is 6.17 Å². The van der Waals surface area contributed by atoms with Crippen LogP contribution >= 0.6 is 11.3 Å². The Kier molecular flexibility index (Phi) is 5.71. The molecule has 0 aliphatic carbocycles. The zero-order valence-corrected chi connectivity index (χ0v) is 24.5. The predicted molar refractivity (Wildman–Crippen MR) is 186 cm³/mol. The molecule has 0 amide bonds. The van der Waals surface area contributed by atoms with E-state index in [4.69, 9.17) is 9.98 Å². The molecular weight excluding hydrogens is 557 g/mol. The van der Waals surface area contributed by atoms with Crippen LogP contribution in [0, 0.1) is 0 Å². The zero-order chi connectivity index (χ0) is 29.0. The number of nitrogens with one attached hydrogen (secondary N) is 1. The Morgan fingerprint density at radius 3 is 2.16 bits per heavy atom. The van der Waals surface area contributed by atoms with Gasteiger partial charge in [0.15, 0.2) is 5.84 Å². The first-order valence-corrected chi connectivity index (χ1v) is 15.6. The fourth-order valence-corrected chi connectivity index (χ4v) is 7.65. The first-order valence-electron chi connectivity index (χ1n) is 14.8. The summed E-state index contributed by atoms with van der Waals surface area (Å²) in [6.07, 6.45) is -0.242. The fourth-order valence-electron chi connectivity index (χ4n) is 6.41. The predicted octanol–water partition coefficient (Wildman–Crippen LogP) is 9.65. The molecule has 3 heterocycles. The van der Waals surface area contributed by atoms with Gasteiger partial charge in [-0.05, 0) is 29.8 Å². The van der Waals surface area contributed by atoms with Gasteiger partial charge in [-0.2, -0.15) is 0 Å². The van der Waals surface area contributed by atoms with E-state index in [9.17, 15) is 0 Å². The third-order valence-corrected chi connectivity index (χ3v) is 9.64. The van der Waals surface area contributed by atoms with Crippen LogP contribution in [0.5, 0.6) is 0 Å². The quantitative estimate of drug-likeness (QED) is 0.221. The largest absolute Gasteiger partial charge is 0.344 e. The van der Waals surface area contributed by atoms with Crippen molar-refractivity contribution >= 4 is 65.0 Å². The number of fused-ring (bicyclic) bond motifs is 7. The minimum atomic E-state index is -0.242. The van der Waals surface area contributed by atoms with E-state index in [1.807, 2.05) is 35.6 Å². The minimum Gasteiger partial charge on any atom is -0.344 e. The third-order valence-electron chi connectivity index (χ3n) is 8.45. The highest BCUT2D eigenvalue weighted by atomic mass is 32.1. The van der Waals surface area contributed by atoms with Gasteiger partial charge in [-0.15, -0.1) is 11.3 Å². The van der Waals surface area contributed by atoms with Gasteiger partial charge in [-0.1, -0.05) is 121 Å². The maximum atomic E-state index is 5.13. The van der Waals surface area contributed by atoms with Crippen molar-refractivity contribution in [3.8, 4) is 5.69 Å². The Balaban J connectivity index is 1.27. The monoisotopic (exact) mass is 582 g/mol. The molecule has 208 valence electrons. The summed E-state index contributed by atoms with van der Waals surface area (Å²) < 4.78 is 5.03. The Morgan fingerprint density at radius 2 is 1.30 bits per heavy atom. The highest BCUT2D eigenvalue weighted by Gasteiger charge is 2.22. The van der Waals surface area contributed by atoms with Crippen molar-refractivity contribution < 1.29 is 0 Å².